The van der Waals surface area contributed by atoms with Crippen molar-refractivity contribution in [2.75, 3.05) is 6.61 Å². The first-order valence-electron chi connectivity index (χ1n) is 16.3. The van der Waals surface area contributed by atoms with E-state index in [0.717, 1.165) is 22.3 Å². The molecule has 49 heavy (non-hydrogen) atoms. The molecule has 0 spiro atoms. The Morgan fingerprint density at radius 3 is 1.61 bits per heavy atom. The maximum absolute atomic E-state index is 12.9. The molecule has 0 amide bonds. The zero-order valence-electron chi connectivity index (χ0n) is 27.0. The fourth-order valence-corrected chi connectivity index (χ4v) is 7.70. The van der Waals surface area contributed by atoms with E-state index < -0.39 is 28.5 Å². The number of aldehydes is 1. The highest BCUT2D eigenvalue weighted by atomic mass is 35.5. The van der Waals surface area contributed by atoms with Crippen LogP contribution in [0.3, 0.4) is 0 Å². The molecule has 0 aliphatic carbocycles. The molecule has 8 heteroatoms. The second-order valence-electron chi connectivity index (χ2n) is 11.9. The molecule has 5 aromatic rings. The van der Waals surface area contributed by atoms with E-state index in [4.69, 9.17) is 30.5 Å². The molecule has 1 N–H and O–H groups in total. The molecule has 1 aliphatic heterocycles. The highest BCUT2D eigenvalue weighted by molar-refractivity contribution is 8.00. The summed E-state index contributed by atoms with van der Waals surface area (Å²) in [5, 5.41) is 12.8. The van der Waals surface area contributed by atoms with Crippen molar-refractivity contribution < 1.29 is 28.8 Å². The summed E-state index contributed by atoms with van der Waals surface area (Å²) in [5.41, 5.74) is 4.71. The van der Waals surface area contributed by atoms with Crippen LogP contribution in [0.4, 0.5) is 0 Å². The summed E-state index contributed by atoms with van der Waals surface area (Å²) in [5.74, 6) is 0. The Labute approximate surface area is 297 Å². The van der Waals surface area contributed by atoms with Crippen molar-refractivity contribution in [2.45, 2.75) is 54.9 Å². The summed E-state index contributed by atoms with van der Waals surface area (Å²) in [6, 6.07) is 44.6. The van der Waals surface area contributed by atoms with Gasteiger partial charge in [0.2, 0.25) is 0 Å². The van der Waals surface area contributed by atoms with E-state index in [0.29, 0.717) is 30.1 Å². The number of benzene rings is 5. The van der Waals surface area contributed by atoms with Crippen LogP contribution in [-0.2, 0) is 50.3 Å². The van der Waals surface area contributed by atoms with Gasteiger partial charge in [0.25, 0.3) is 0 Å². The fourth-order valence-electron chi connectivity index (χ4n) is 5.94. The lowest BCUT2D eigenvalue weighted by atomic mass is 9.92. The monoisotopic (exact) mass is 694 g/mol. The molecule has 0 radical (unpaired) electrons. The lowest BCUT2D eigenvalue weighted by Crippen LogP contribution is -2.61. The highest BCUT2D eigenvalue weighted by Crippen LogP contribution is 2.50. The van der Waals surface area contributed by atoms with Crippen LogP contribution in [0, 0.1) is 0 Å². The summed E-state index contributed by atoms with van der Waals surface area (Å²) in [6.45, 7) is 1.45. The molecule has 0 aromatic heterocycles. The second kappa shape index (κ2) is 17.2. The maximum atomic E-state index is 12.9. The molecule has 5 atom stereocenters. The Morgan fingerprint density at radius 2 is 1.10 bits per heavy atom. The SMILES string of the molecule is O=Cc1cc(C2(O)S[C@H](COCc3ccccc3)[C@@H](OCc3ccccc3)[C@H](OCc3ccccc3)[C@H]2OCc2ccccc2)ccc1Cl. The number of ether oxygens (including phenoxy) is 4. The Hall–Kier alpha value is -3.79. The minimum absolute atomic E-state index is 0.217. The van der Waals surface area contributed by atoms with E-state index in [9.17, 15) is 9.90 Å². The Balaban J connectivity index is 1.40. The first-order chi connectivity index (χ1) is 24.0. The van der Waals surface area contributed by atoms with Crippen LogP contribution in [0.2, 0.25) is 5.02 Å². The number of carbonyl (C=O) groups is 1. The lowest BCUT2D eigenvalue weighted by Gasteiger charge is -2.50. The lowest BCUT2D eigenvalue weighted by molar-refractivity contribution is -0.199. The first kappa shape index (κ1) is 35.1. The van der Waals surface area contributed by atoms with Gasteiger partial charge in [-0.05, 0) is 39.9 Å². The minimum Gasteiger partial charge on any atom is -0.376 e. The van der Waals surface area contributed by atoms with Crippen LogP contribution in [0.25, 0.3) is 0 Å². The maximum Gasteiger partial charge on any atom is 0.165 e. The van der Waals surface area contributed by atoms with Gasteiger partial charge in [-0.15, -0.1) is 11.8 Å². The van der Waals surface area contributed by atoms with Crippen molar-refractivity contribution in [3.05, 3.63) is 178 Å². The molecule has 5 aromatic carbocycles. The number of halogens is 1. The molecule has 1 heterocycles. The number of carbonyl (C=O) groups excluding carboxylic acids is 1. The van der Waals surface area contributed by atoms with Crippen LogP contribution in [-0.4, -0.2) is 41.6 Å². The van der Waals surface area contributed by atoms with Crippen molar-refractivity contribution in [3.8, 4) is 0 Å². The molecule has 1 fully saturated rings. The van der Waals surface area contributed by atoms with Gasteiger partial charge in [0.1, 0.15) is 18.3 Å². The number of thioether (sulfide) groups is 1. The average Bonchev–Trinajstić information content (AvgIpc) is 3.15. The van der Waals surface area contributed by atoms with Gasteiger partial charge in [0.15, 0.2) is 11.2 Å². The third kappa shape index (κ3) is 9.07. The number of aliphatic hydroxyl groups is 1. The van der Waals surface area contributed by atoms with Gasteiger partial charge in [-0.25, -0.2) is 0 Å². The summed E-state index contributed by atoms with van der Waals surface area (Å²) in [7, 11) is 0. The molecule has 1 aliphatic rings. The minimum atomic E-state index is -1.67. The van der Waals surface area contributed by atoms with Crippen LogP contribution < -0.4 is 0 Å². The predicted octanol–water partition coefficient (Wildman–Crippen LogP) is 8.39. The van der Waals surface area contributed by atoms with Crippen molar-refractivity contribution in [3.63, 3.8) is 0 Å². The molecular formula is C41H39ClO6S. The molecule has 6 nitrogen and oxygen atoms in total. The van der Waals surface area contributed by atoms with Crippen molar-refractivity contribution in [2.24, 2.45) is 0 Å². The molecular weight excluding hydrogens is 656 g/mol. The zero-order valence-corrected chi connectivity index (χ0v) is 28.5. The Bertz CT molecular complexity index is 1740. The Morgan fingerprint density at radius 1 is 0.633 bits per heavy atom. The predicted molar refractivity (Wildman–Crippen MR) is 193 cm³/mol. The van der Waals surface area contributed by atoms with Crippen LogP contribution >= 0.6 is 23.4 Å². The second-order valence-corrected chi connectivity index (χ2v) is 13.8. The van der Waals surface area contributed by atoms with Crippen LogP contribution in [0.15, 0.2) is 140 Å². The summed E-state index contributed by atoms with van der Waals surface area (Å²) in [4.78, 5) is 10.4. The molecule has 6 rings (SSSR count). The van der Waals surface area contributed by atoms with Crippen LogP contribution in [0.1, 0.15) is 38.2 Å². The van der Waals surface area contributed by atoms with E-state index in [1.807, 2.05) is 121 Å². The summed E-state index contributed by atoms with van der Waals surface area (Å²) in [6.07, 6.45) is -1.53. The normalized spacial score (nSPS) is 22.1. The fraction of sp³-hybridized carbons (Fsp3) is 0.244. The third-order valence-corrected chi connectivity index (χ3v) is 10.4. The smallest absolute Gasteiger partial charge is 0.165 e. The molecule has 0 saturated carbocycles. The quantitative estimate of drug-likeness (QED) is 0.110. The summed E-state index contributed by atoms with van der Waals surface area (Å²) < 4.78 is 26.6. The highest BCUT2D eigenvalue weighted by Gasteiger charge is 2.56. The summed E-state index contributed by atoms with van der Waals surface area (Å²) >= 11 is 7.67. The van der Waals surface area contributed by atoms with E-state index in [2.05, 4.69) is 0 Å². The number of hydrogen-bond acceptors (Lipinski definition) is 7. The van der Waals surface area contributed by atoms with Gasteiger partial charge in [-0.2, -0.15) is 0 Å². The standard InChI is InChI=1S/C41H39ClO6S/c42-36-22-21-35(23-34(36)24-43)41(44)40(48-28-33-19-11-4-12-20-33)39(47-27-32-17-9-3-10-18-32)38(46-26-31-15-7-2-8-16-31)37(49-41)29-45-25-30-13-5-1-6-14-30/h1-24,37-40,44H,25-29H2/t37-,38-,39+,40-,41?/m1/s1. The van der Waals surface area contributed by atoms with Crippen molar-refractivity contribution in [1.29, 1.82) is 0 Å². The molecule has 1 unspecified atom stereocenters. The van der Waals surface area contributed by atoms with Crippen molar-refractivity contribution >= 4 is 29.6 Å². The molecule has 252 valence electrons. The van der Waals surface area contributed by atoms with Gasteiger partial charge in [0, 0.05) is 5.56 Å². The number of rotatable bonds is 15. The van der Waals surface area contributed by atoms with Crippen molar-refractivity contribution in [1.82, 2.24) is 0 Å². The van der Waals surface area contributed by atoms with Crippen LogP contribution in [0.5, 0.6) is 0 Å². The average molecular weight is 695 g/mol. The van der Waals surface area contributed by atoms with E-state index in [1.54, 1.807) is 18.2 Å². The first-order valence-corrected chi connectivity index (χ1v) is 17.5. The van der Waals surface area contributed by atoms with E-state index in [1.165, 1.54) is 11.8 Å². The molecule has 1 saturated heterocycles. The topological polar surface area (TPSA) is 74.2 Å². The van der Waals surface area contributed by atoms with Gasteiger partial charge in [0.05, 0.1) is 43.3 Å². The van der Waals surface area contributed by atoms with E-state index in [-0.39, 0.29) is 25.4 Å². The number of hydrogen-bond donors (Lipinski definition) is 1. The van der Waals surface area contributed by atoms with E-state index >= 15 is 0 Å². The Kier molecular flexibility index (Phi) is 12.3. The van der Waals surface area contributed by atoms with Gasteiger partial charge < -0.3 is 24.1 Å². The van der Waals surface area contributed by atoms with Gasteiger partial charge in [-0.3, -0.25) is 4.79 Å². The molecule has 0 bridgehead atoms. The zero-order chi connectivity index (χ0) is 33.9. The van der Waals surface area contributed by atoms with Gasteiger partial charge >= 0.3 is 0 Å². The third-order valence-electron chi connectivity index (χ3n) is 8.48. The van der Waals surface area contributed by atoms with Gasteiger partial charge in [-0.1, -0.05) is 139 Å². The largest absolute Gasteiger partial charge is 0.376 e.